The Morgan fingerprint density at radius 2 is 1.73 bits per heavy atom. The molecule has 1 saturated heterocycles. The van der Waals surface area contributed by atoms with Gasteiger partial charge in [-0.15, -0.1) is 0 Å². The third-order valence-corrected chi connectivity index (χ3v) is 5.23. The van der Waals surface area contributed by atoms with Crippen molar-refractivity contribution in [2.75, 3.05) is 36.4 Å². The normalized spacial score (nSPS) is 14.9. The zero-order valence-corrected chi connectivity index (χ0v) is 16.6. The fraction of sp³-hybridized carbons (Fsp3) is 0.273. The Kier molecular flexibility index (Phi) is 5.22. The molecule has 1 aromatic carbocycles. The van der Waals surface area contributed by atoms with Crippen LogP contribution in [0.25, 0.3) is 10.9 Å². The highest BCUT2D eigenvalue weighted by atomic mass is 16.3. The van der Waals surface area contributed by atoms with E-state index in [2.05, 4.69) is 25.1 Å². The predicted octanol–water partition coefficient (Wildman–Crippen LogP) is 2.95. The molecule has 3 aromatic heterocycles. The van der Waals surface area contributed by atoms with Crippen molar-refractivity contribution in [3.63, 3.8) is 0 Å². The van der Waals surface area contributed by atoms with Crippen molar-refractivity contribution in [3.8, 4) is 0 Å². The van der Waals surface area contributed by atoms with Crippen LogP contribution in [0.3, 0.4) is 0 Å². The highest BCUT2D eigenvalue weighted by molar-refractivity contribution is 5.88. The molecule has 4 heterocycles. The first-order chi connectivity index (χ1) is 14.8. The first kappa shape index (κ1) is 18.5. The van der Waals surface area contributed by atoms with Crippen LogP contribution in [0.5, 0.6) is 0 Å². The standard InChI is InChI=1S/C22H23N7O/c1-2-7-19-18(6-1)21(25-15-17-5-3-14-30-17)27-20(26-19)16-28-10-12-29(13-11-28)22-23-8-4-9-24-22/h1-9,14H,10-13,15-16H2,(H,25,26,27). The van der Waals surface area contributed by atoms with Gasteiger partial charge in [0.2, 0.25) is 5.95 Å². The number of furan rings is 1. The Bertz CT molecular complexity index is 1090. The van der Waals surface area contributed by atoms with E-state index in [1.165, 1.54) is 0 Å². The number of hydrogen-bond acceptors (Lipinski definition) is 8. The molecule has 8 heteroatoms. The van der Waals surface area contributed by atoms with Crippen LogP contribution in [0, 0.1) is 0 Å². The van der Waals surface area contributed by atoms with E-state index in [4.69, 9.17) is 14.4 Å². The summed E-state index contributed by atoms with van der Waals surface area (Å²) in [6, 6.07) is 13.8. The molecule has 0 bridgehead atoms. The number of para-hydroxylation sites is 1. The van der Waals surface area contributed by atoms with Gasteiger partial charge in [0.15, 0.2) is 0 Å². The van der Waals surface area contributed by atoms with E-state index >= 15 is 0 Å². The second kappa shape index (κ2) is 8.46. The van der Waals surface area contributed by atoms with E-state index in [9.17, 15) is 0 Å². The number of nitrogens with one attached hydrogen (secondary N) is 1. The van der Waals surface area contributed by atoms with Crippen LogP contribution in [0.2, 0.25) is 0 Å². The van der Waals surface area contributed by atoms with Crippen LogP contribution in [0.1, 0.15) is 11.6 Å². The van der Waals surface area contributed by atoms with E-state index in [1.807, 2.05) is 42.5 Å². The zero-order chi connectivity index (χ0) is 20.2. The fourth-order valence-corrected chi connectivity index (χ4v) is 3.67. The molecule has 1 aliphatic heterocycles. The lowest BCUT2D eigenvalue weighted by atomic mass is 10.2. The predicted molar refractivity (Wildman–Crippen MR) is 115 cm³/mol. The summed E-state index contributed by atoms with van der Waals surface area (Å²) in [6.07, 6.45) is 5.25. The monoisotopic (exact) mass is 401 g/mol. The molecule has 152 valence electrons. The van der Waals surface area contributed by atoms with Gasteiger partial charge in [0.05, 0.1) is 24.9 Å². The van der Waals surface area contributed by atoms with Gasteiger partial charge in [0.1, 0.15) is 17.4 Å². The Balaban J connectivity index is 1.30. The molecular formula is C22H23N7O. The molecule has 1 fully saturated rings. The molecule has 8 nitrogen and oxygen atoms in total. The van der Waals surface area contributed by atoms with Crippen LogP contribution in [-0.2, 0) is 13.1 Å². The lowest BCUT2D eigenvalue weighted by Crippen LogP contribution is -2.46. The molecule has 30 heavy (non-hydrogen) atoms. The highest BCUT2D eigenvalue weighted by Crippen LogP contribution is 2.22. The summed E-state index contributed by atoms with van der Waals surface area (Å²) < 4.78 is 5.44. The summed E-state index contributed by atoms with van der Waals surface area (Å²) in [5.74, 6) is 3.32. The Hall–Kier alpha value is -3.52. The molecule has 0 spiro atoms. The average Bonchev–Trinajstić information content (AvgIpc) is 3.32. The smallest absolute Gasteiger partial charge is 0.225 e. The Labute approximate surface area is 174 Å². The third kappa shape index (κ3) is 4.08. The number of hydrogen-bond donors (Lipinski definition) is 1. The van der Waals surface area contributed by atoms with Crippen molar-refractivity contribution in [2.24, 2.45) is 0 Å². The van der Waals surface area contributed by atoms with Crippen molar-refractivity contribution < 1.29 is 4.42 Å². The first-order valence-electron chi connectivity index (χ1n) is 10.1. The molecular weight excluding hydrogens is 378 g/mol. The van der Waals surface area contributed by atoms with Crippen LogP contribution >= 0.6 is 0 Å². The number of nitrogens with zero attached hydrogens (tertiary/aromatic N) is 6. The van der Waals surface area contributed by atoms with E-state index in [0.29, 0.717) is 13.1 Å². The van der Waals surface area contributed by atoms with Gasteiger partial charge in [-0.3, -0.25) is 4.90 Å². The van der Waals surface area contributed by atoms with Crippen LogP contribution in [0.4, 0.5) is 11.8 Å². The summed E-state index contributed by atoms with van der Waals surface area (Å²) in [4.78, 5) is 22.9. The van der Waals surface area contributed by atoms with Gasteiger partial charge in [-0.1, -0.05) is 12.1 Å². The molecule has 0 aliphatic carbocycles. The van der Waals surface area contributed by atoms with Crippen LogP contribution in [-0.4, -0.2) is 51.0 Å². The maximum atomic E-state index is 5.44. The summed E-state index contributed by atoms with van der Waals surface area (Å²) >= 11 is 0. The fourth-order valence-electron chi connectivity index (χ4n) is 3.67. The molecule has 0 saturated carbocycles. The summed E-state index contributed by atoms with van der Waals surface area (Å²) in [5, 5.41) is 4.42. The lowest BCUT2D eigenvalue weighted by Gasteiger charge is -2.34. The van der Waals surface area contributed by atoms with E-state index < -0.39 is 0 Å². The SMILES string of the molecule is c1cnc(N2CCN(Cc3nc(NCc4ccco4)c4ccccc4n3)CC2)nc1. The minimum atomic E-state index is 0.587. The van der Waals surface area contributed by atoms with Crippen LogP contribution < -0.4 is 10.2 Å². The second-order valence-corrected chi connectivity index (χ2v) is 7.25. The van der Waals surface area contributed by atoms with E-state index in [1.54, 1.807) is 18.7 Å². The van der Waals surface area contributed by atoms with Gasteiger partial charge < -0.3 is 14.6 Å². The number of rotatable bonds is 6. The van der Waals surface area contributed by atoms with Crippen molar-refractivity contribution in [1.82, 2.24) is 24.8 Å². The lowest BCUT2D eigenvalue weighted by molar-refractivity contribution is 0.243. The molecule has 4 aromatic rings. The summed E-state index contributed by atoms with van der Waals surface area (Å²) in [6.45, 7) is 4.92. The van der Waals surface area contributed by atoms with Crippen molar-refractivity contribution in [1.29, 1.82) is 0 Å². The van der Waals surface area contributed by atoms with Crippen LogP contribution in [0.15, 0.2) is 65.5 Å². The molecule has 0 atom stereocenters. The first-order valence-corrected chi connectivity index (χ1v) is 10.1. The van der Waals surface area contributed by atoms with Crippen molar-refractivity contribution >= 4 is 22.7 Å². The van der Waals surface area contributed by atoms with Gasteiger partial charge in [-0.05, 0) is 30.3 Å². The molecule has 1 aliphatic rings. The number of anilines is 2. The van der Waals surface area contributed by atoms with Crippen molar-refractivity contribution in [2.45, 2.75) is 13.1 Å². The molecule has 1 N–H and O–H groups in total. The van der Waals surface area contributed by atoms with Crippen molar-refractivity contribution in [3.05, 3.63) is 72.7 Å². The minimum absolute atomic E-state index is 0.587. The minimum Gasteiger partial charge on any atom is -0.467 e. The molecule has 0 radical (unpaired) electrons. The zero-order valence-electron chi connectivity index (χ0n) is 16.6. The number of fused-ring (bicyclic) bond motifs is 1. The topological polar surface area (TPSA) is 83.2 Å². The Morgan fingerprint density at radius 3 is 2.53 bits per heavy atom. The molecule has 0 unspecified atom stereocenters. The number of piperazine rings is 1. The second-order valence-electron chi connectivity index (χ2n) is 7.25. The van der Waals surface area contributed by atoms with E-state index in [0.717, 1.165) is 60.4 Å². The molecule has 0 amide bonds. The van der Waals surface area contributed by atoms with Gasteiger partial charge in [0.25, 0.3) is 0 Å². The largest absolute Gasteiger partial charge is 0.467 e. The highest BCUT2D eigenvalue weighted by Gasteiger charge is 2.20. The van der Waals surface area contributed by atoms with E-state index in [-0.39, 0.29) is 0 Å². The third-order valence-electron chi connectivity index (χ3n) is 5.23. The molecule has 5 rings (SSSR count). The summed E-state index contributed by atoms with van der Waals surface area (Å²) in [7, 11) is 0. The Morgan fingerprint density at radius 1 is 0.900 bits per heavy atom. The van der Waals surface area contributed by atoms with Gasteiger partial charge >= 0.3 is 0 Å². The maximum absolute atomic E-state index is 5.44. The van der Waals surface area contributed by atoms with Gasteiger partial charge in [-0.2, -0.15) is 0 Å². The van der Waals surface area contributed by atoms with Gasteiger partial charge in [0, 0.05) is 44.0 Å². The summed E-state index contributed by atoms with van der Waals surface area (Å²) in [5.41, 5.74) is 0.945. The van der Waals surface area contributed by atoms with Gasteiger partial charge in [-0.25, -0.2) is 19.9 Å². The average molecular weight is 401 g/mol. The number of benzene rings is 1. The maximum Gasteiger partial charge on any atom is 0.225 e. The number of aromatic nitrogens is 4. The quantitative estimate of drug-likeness (QED) is 0.528.